The fourth-order valence-electron chi connectivity index (χ4n) is 2.43. The molecule has 0 unspecified atom stereocenters. The molecule has 4 nitrogen and oxygen atoms in total. The van der Waals surface area contributed by atoms with Crippen LogP contribution in [-0.4, -0.2) is 28.9 Å². The van der Waals surface area contributed by atoms with Crippen LogP contribution < -0.4 is 0 Å². The van der Waals surface area contributed by atoms with Crippen molar-refractivity contribution in [3.63, 3.8) is 0 Å². The number of ether oxygens (including phenoxy) is 1. The largest absolute Gasteiger partial charge is 0.481 e. The molecule has 0 atom stereocenters. The summed E-state index contributed by atoms with van der Waals surface area (Å²) in [6, 6.07) is 8.16. The van der Waals surface area contributed by atoms with E-state index in [0.717, 1.165) is 37.1 Å². The zero-order valence-corrected chi connectivity index (χ0v) is 11.8. The highest BCUT2D eigenvalue weighted by atomic mass is 16.5. The van der Waals surface area contributed by atoms with Gasteiger partial charge in [-0.15, -0.1) is 0 Å². The molecule has 1 N–H and O–H groups in total. The number of carboxylic acids is 1. The summed E-state index contributed by atoms with van der Waals surface area (Å²) in [6.07, 6.45) is 3.80. The maximum Gasteiger partial charge on any atom is 0.303 e. The SMILES string of the molecule is CCOCCCn1cc(CCC(=O)O)c2ccccc21. The Morgan fingerprint density at radius 2 is 2.15 bits per heavy atom. The smallest absolute Gasteiger partial charge is 0.303 e. The second-order valence-corrected chi connectivity index (χ2v) is 4.81. The predicted octanol–water partition coefficient (Wildman–Crippen LogP) is 3.09. The standard InChI is InChI=1S/C16H21NO3/c1-2-20-11-5-10-17-12-13(8-9-16(18)19)14-6-3-4-7-15(14)17/h3-4,6-7,12H,2,5,8-11H2,1H3,(H,18,19). The number of aromatic nitrogens is 1. The first-order valence-electron chi connectivity index (χ1n) is 7.08. The Labute approximate surface area is 119 Å². The number of carbonyl (C=O) groups is 1. The number of hydrogen-bond acceptors (Lipinski definition) is 2. The number of aryl methyl sites for hydroxylation is 2. The molecule has 1 heterocycles. The maximum atomic E-state index is 10.7. The first-order chi connectivity index (χ1) is 9.72. The third kappa shape index (κ3) is 3.61. The summed E-state index contributed by atoms with van der Waals surface area (Å²) in [5.41, 5.74) is 2.28. The van der Waals surface area contributed by atoms with Crippen LogP contribution in [0.15, 0.2) is 30.5 Å². The van der Waals surface area contributed by atoms with E-state index in [1.165, 1.54) is 5.52 Å². The molecule has 0 radical (unpaired) electrons. The lowest BCUT2D eigenvalue weighted by Crippen LogP contribution is -2.01. The van der Waals surface area contributed by atoms with Crippen molar-refractivity contribution in [1.29, 1.82) is 0 Å². The lowest BCUT2D eigenvalue weighted by atomic mass is 10.1. The van der Waals surface area contributed by atoms with Crippen LogP contribution in [-0.2, 0) is 22.5 Å². The van der Waals surface area contributed by atoms with Gasteiger partial charge < -0.3 is 14.4 Å². The second kappa shape index (κ2) is 7.10. The predicted molar refractivity (Wildman–Crippen MR) is 79.0 cm³/mol. The minimum absolute atomic E-state index is 0.174. The molecule has 0 fully saturated rings. The van der Waals surface area contributed by atoms with E-state index >= 15 is 0 Å². The van der Waals surface area contributed by atoms with Crippen molar-refractivity contribution < 1.29 is 14.6 Å². The molecule has 0 aliphatic carbocycles. The van der Waals surface area contributed by atoms with E-state index in [0.29, 0.717) is 6.42 Å². The van der Waals surface area contributed by atoms with E-state index in [4.69, 9.17) is 9.84 Å². The normalized spacial score (nSPS) is 11.1. The number of hydrogen-bond donors (Lipinski definition) is 1. The molecule has 0 amide bonds. The monoisotopic (exact) mass is 275 g/mol. The molecule has 108 valence electrons. The molecule has 0 saturated carbocycles. The molecule has 1 aromatic heterocycles. The summed E-state index contributed by atoms with van der Waals surface area (Å²) < 4.78 is 7.56. The zero-order valence-electron chi connectivity index (χ0n) is 11.8. The van der Waals surface area contributed by atoms with Gasteiger partial charge in [0.25, 0.3) is 0 Å². The maximum absolute atomic E-state index is 10.7. The third-order valence-corrected chi connectivity index (χ3v) is 3.37. The lowest BCUT2D eigenvalue weighted by Gasteiger charge is -2.05. The highest BCUT2D eigenvalue weighted by Gasteiger charge is 2.09. The van der Waals surface area contributed by atoms with Crippen molar-refractivity contribution in [3.8, 4) is 0 Å². The summed E-state index contributed by atoms with van der Waals surface area (Å²) in [5.74, 6) is -0.752. The summed E-state index contributed by atoms with van der Waals surface area (Å²) >= 11 is 0. The number of aliphatic carboxylic acids is 1. The van der Waals surface area contributed by atoms with E-state index in [1.54, 1.807) is 0 Å². The lowest BCUT2D eigenvalue weighted by molar-refractivity contribution is -0.136. The van der Waals surface area contributed by atoms with Crippen LogP contribution in [0.2, 0.25) is 0 Å². The van der Waals surface area contributed by atoms with Crippen molar-refractivity contribution in [2.75, 3.05) is 13.2 Å². The number of fused-ring (bicyclic) bond motifs is 1. The number of carboxylic acid groups (broad SMARTS) is 1. The first kappa shape index (κ1) is 14.6. The van der Waals surface area contributed by atoms with Gasteiger partial charge in [0.1, 0.15) is 0 Å². The Bertz CT molecular complexity index is 574. The number of rotatable bonds is 8. The van der Waals surface area contributed by atoms with E-state index in [-0.39, 0.29) is 6.42 Å². The van der Waals surface area contributed by atoms with E-state index in [9.17, 15) is 4.79 Å². The van der Waals surface area contributed by atoms with Crippen LogP contribution in [0.5, 0.6) is 0 Å². The molecule has 2 aromatic rings. The van der Waals surface area contributed by atoms with Gasteiger partial charge >= 0.3 is 5.97 Å². The Hall–Kier alpha value is -1.81. The van der Waals surface area contributed by atoms with E-state index in [1.807, 2.05) is 19.1 Å². The van der Waals surface area contributed by atoms with Gasteiger partial charge in [-0.3, -0.25) is 4.79 Å². The highest BCUT2D eigenvalue weighted by molar-refractivity contribution is 5.84. The molecular weight excluding hydrogens is 254 g/mol. The second-order valence-electron chi connectivity index (χ2n) is 4.81. The molecule has 0 bridgehead atoms. The van der Waals surface area contributed by atoms with E-state index in [2.05, 4.69) is 22.9 Å². The Morgan fingerprint density at radius 3 is 2.90 bits per heavy atom. The average Bonchev–Trinajstić information content (AvgIpc) is 2.80. The average molecular weight is 275 g/mol. The van der Waals surface area contributed by atoms with Gasteiger partial charge in [0.2, 0.25) is 0 Å². The summed E-state index contributed by atoms with van der Waals surface area (Å²) in [6.45, 7) is 4.40. The highest BCUT2D eigenvalue weighted by Crippen LogP contribution is 2.22. The van der Waals surface area contributed by atoms with Crippen LogP contribution in [0, 0.1) is 0 Å². The Kier molecular flexibility index (Phi) is 5.18. The summed E-state index contributed by atoms with van der Waals surface area (Å²) in [5, 5.41) is 9.99. The van der Waals surface area contributed by atoms with Crippen LogP contribution in [0.3, 0.4) is 0 Å². The molecular formula is C16H21NO3. The van der Waals surface area contributed by atoms with Crippen LogP contribution in [0.1, 0.15) is 25.3 Å². The molecule has 1 aromatic carbocycles. The molecule has 20 heavy (non-hydrogen) atoms. The van der Waals surface area contributed by atoms with Gasteiger partial charge in [-0.1, -0.05) is 18.2 Å². The van der Waals surface area contributed by atoms with Gasteiger partial charge in [0, 0.05) is 43.3 Å². The minimum atomic E-state index is -0.752. The Morgan fingerprint density at radius 1 is 1.35 bits per heavy atom. The van der Waals surface area contributed by atoms with Gasteiger partial charge in [-0.25, -0.2) is 0 Å². The molecule has 4 heteroatoms. The number of para-hydroxylation sites is 1. The minimum Gasteiger partial charge on any atom is -0.481 e. The van der Waals surface area contributed by atoms with Crippen LogP contribution in [0.4, 0.5) is 0 Å². The molecule has 0 aliphatic heterocycles. The van der Waals surface area contributed by atoms with Crippen molar-refractivity contribution in [2.24, 2.45) is 0 Å². The first-order valence-corrected chi connectivity index (χ1v) is 7.08. The van der Waals surface area contributed by atoms with Gasteiger partial charge in [0.05, 0.1) is 0 Å². The third-order valence-electron chi connectivity index (χ3n) is 3.37. The van der Waals surface area contributed by atoms with Crippen molar-refractivity contribution in [3.05, 3.63) is 36.0 Å². The molecule has 0 spiro atoms. The molecule has 0 aliphatic rings. The van der Waals surface area contributed by atoms with Gasteiger partial charge in [0.15, 0.2) is 0 Å². The van der Waals surface area contributed by atoms with Crippen molar-refractivity contribution in [2.45, 2.75) is 32.7 Å². The number of benzene rings is 1. The molecule has 0 saturated heterocycles. The number of nitrogens with zero attached hydrogens (tertiary/aromatic N) is 1. The molecule has 2 rings (SSSR count). The summed E-state index contributed by atoms with van der Waals surface area (Å²) in [4.78, 5) is 10.7. The van der Waals surface area contributed by atoms with Crippen molar-refractivity contribution >= 4 is 16.9 Å². The van der Waals surface area contributed by atoms with Crippen LogP contribution >= 0.6 is 0 Å². The quantitative estimate of drug-likeness (QED) is 0.753. The Balaban J connectivity index is 2.15. The van der Waals surface area contributed by atoms with Gasteiger partial charge in [-0.2, -0.15) is 0 Å². The topological polar surface area (TPSA) is 51.5 Å². The fraction of sp³-hybridized carbons (Fsp3) is 0.438. The zero-order chi connectivity index (χ0) is 14.4. The van der Waals surface area contributed by atoms with Gasteiger partial charge in [-0.05, 0) is 31.4 Å². The van der Waals surface area contributed by atoms with E-state index < -0.39 is 5.97 Å². The van der Waals surface area contributed by atoms with Crippen molar-refractivity contribution in [1.82, 2.24) is 4.57 Å². The summed E-state index contributed by atoms with van der Waals surface area (Å²) in [7, 11) is 0. The fourth-order valence-corrected chi connectivity index (χ4v) is 2.43. The van der Waals surface area contributed by atoms with Crippen LogP contribution in [0.25, 0.3) is 10.9 Å².